The molecule has 0 bridgehead atoms. The van der Waals surface area contributed by atoms with Crippen molar-refractivity contribution in [2.45, 2.75) is 27.3 Å². The van der Waals surface area contributed by atoms with Gasteiger partial charge in [0.2, 0.25) is 0 Å². The van der Waals surface area contributed by atoms with Crippen molar-refractivity contribution in [3.63, 3.8) is 0 Å². The number of fused-ring (bicyclic) bond motifs is 1. The molecule has 0 aliphatic heterocycles. The zero-order valence-electron chi connectivity index (χ0n) is 10.6. The summed E-state index contributed by atoms with van der Waals surface area (Å²) in [6, 6.07) is 6.14. The lowest BCUT2D eigenvalue weighted by molar-refractivity contribution is 0.721. The van der Waals surface area contributed by atoms with Crippen LogP contribution in [0.3, 0.4) is 0 Å². The number of aryl methyl sites for hydroxylation is 2. The summed E-state index contributed by atoms with van der Waals surface area (Å²) in [5.74, 6) is 0. The fourth-order valence-electron chi connectivity index (χ4n) is 2.11. The van der Waals surface area contributed by atoms with Gasteiger partial charge in [0.25, 0.3) is 5.56 Å². The first-order valence-electron chi connectivity index (χ1n) is 5.95. The molecule has 2 aromatic rings. The summed E-state index contributed by atoms with van der Waals surface area (Å²) in [6.45, 7) is 7.63. The van der Waals surface area contributed by atoms with Crippen LogP contribution in [0.5, 0.6) is 0 Å². The molecule has 2 N–H and O–H groups in total. The minimum absolute atomic E-state index is 0.00319. The third kappa shape index (κ3) is 2.39. The molecule has 0 amide bonds. The van der Waals surface area contributed by atoms with Crippen molar-refractivity contribution in [1.82, 2.24) is 10.3 Å². The summed E-state index contributed by atoms with van der Waals surface area (Å²) in [5, 5.41) is 4.31. The van der Waals surface area contributed by atoms with E-state index in [0.29, 0.717) is 6.54 Å². The van der Waals surface area contributed by atoms with Gasteiger partial charge in [0.15, 0.2) is 0 Å². The van der Waals surface area contributed by atoms with E-state index in [-0.39, 0.29) is 5.56 Å². The number of H-pyrrole nitrogens is 1. The monoisotopic (exact) mass is 230 g/mol. The maximum atomic E-state index is 11.9. The van der Waals surface area contributed by atoms with Gasteiger partial charge in [0.1, 0.15) is 0 Å². The van der Waals surface area contributed by atoms with Crippen molar-refractivity contribution in [1.29, 1.82) is 0 Å². The fraction of sp³-hybridized carbons (Fsp3) is 0.357. The molecule has 0 radical (unpaired) electrons. The number of hydrogen-bond donors (Lipinski definition) is 2. The molecule has 0 saturated heterocycles. The molecular formula is C14H18N2O. The summed E-state index contributed by atoms with van der Waals surface area (Å²) in [5.41, 5.74) is 4.10. The van der Waals surface area contributed by atoms with Gasteiger partial charge in [-0.15, -0.1) is 0 Å². The third-order valence-electron chi connectivity index (χ3n) is 2.96. The molecule has 0 atom stereocenters. The van der Waals surface area contributed by atoms with Crippen molar-refractivity contribution in [2.24, 2.45) is 0 Å². The first kappa shape index (κ1) is 11.9. The van der Waals surface area contributed by atoms with Crippen LogP contribution in [0.25, 0.3) is 10.9 Å². The Morgan fingerprint density at radius 2 is 2.00 bits per heavy atom. The van der Waals surface area contributed by atoms with E-state index in [9.17, 15) is 4.79 Å². The largest absolute Gasteiger partial charge is 0.322 e. The normalized spacial score (nSPS) is 11.0. The molecule has 0 spiro atoms. The van der Waals surface area contributed by atoms with E-state index in [0.717, 1.165) is 23.0 Å². The van der Waals surface area contributed by atoms with E-state index >= 15 is 0 Å². The van der Waals surface area contributed by atoms with E-state index in [2.05, 4.69) is 23.3 Å². The number of hydrogen-bond acceptors (Lipinski definition) is 2. The van der Waals surface area contributed by atoms with Crippen LogP contribution in [0.4, 0.5) is 0 Å². The quantitative estimate of drug-likeness (QED) is 0.849. The number of pyridine rings is 1. The highest BCUT2D eigenvalue weighted by molar-refractivity contribution is 5.83. The summed E-state index contributed by atoms with van der Waals surface area (Å²) in [6.07, 6.45) is 0. The molecule has 0 aliphatic rings. The lowest BCUT2D eigenvalue weighted by Crippen LogP contribution is -2.20. The predicted molar refractivity (Wildman–Crippen MR) is 71.4 cm³/mol. The van der Waals surface area contributed by atoms with Crippen LogP contribution < -0.4 is 10.9 Å². The molecule has 3 nitrogen and oxygen atoms in total. The molecule has 0 fully saturated rings. The van der Waals surface area contributed by atoms with Crippen molar-refractivity contribution < 1.29 is 0 Å². The summed E-state index contributed by atoms with van der Waals surface area (Å²) >= 11 is 0. The van der Waals surface area contributed by atoms with Crippen molar-refractivity contribution >= 4 is 10.9 Å². The highest BCUT2D eigenvalue weighted by Crippen LogP contribution is 2.18. The van der Waals surface area contributed by atoms with Crippen LogP contribution in [0.15, 0.2) is 23.0 Å². The van der Waals surface area contributed by atoms with E-state index in [1.54, 1.807) is 0 Å². The second-order valence-electron chi connectivity index (χ2n) is 4.45. The van der Waals surface area contributed by atoms with Crippen molar-refractivity contribution in [3.05, 3.63) is 45.2 Å². The lowest BCUT2D eigenvalue weighted by Gasteiger charge is -2.07. The number of aromatic nitrogens is 1. The lowest BCUT2D eigenvalue weighted by atomic mass is 10.0. The van der Waals surface area contributed by atoms with E-state index < -0.39 is 0 Å². The number of nitrogens with one attached hydrogen (secondary N) is 2. The molecule has 0 aliphatic carbocycles. The molecule has 1 aromatic carbocycles. The molecule has 0 unspecified atom stereocenters. The van der Waals surface area contributed by atoms with Gasteiger partial charge >= 0.3 is 0 Å². The van der Waals surface area contributed by atoms with Crippen LogP contribution in [-0.2, 0) is 6.54 Å². The van der Waals surface area contributed by atoms with Crippen LogP contribution in [0.1, 0.15) is 23.6 Å². The Morgan fingerprint density at radius 1 is 1.24 bits per heavy atom. The minimum atomic E-state index is 0.00319. The Morgan fingerprint density at radius 3 is 2.71 bits per heavy atom. The Hall–Kier alpha value is -1.61. The summed E-state index contributed by atoms with van der Waals surface area (Å²) < 4.78 is 0. The van der Waals surface area contributed by atoms with Gasteiger partial charge in [-0.25, -0.2) is 0 Å². The molecule has 1 heterocycles. The Kier molecular flexibility index (Phi) is 3.29. The Balaban J connectivity index is 2.59. The van der Waals surface area contributed by atoms with Crippen molar-refractivity contribution in [3.8, 4) is 0 Å². The third-order valence-corrected chi connectivity index (χ3v) is 2.96. The van der Waals surface area contributed by atoms with Gasteiger partial charge in [-0.05, 0) is 43.7 Å². The zero-order chi connectivity index (χ0) is 12.4. The van der Waals surface area contributed by atoms with E-state index in [4.69, 9.17) is 0 Å². The fourth-order valence-corrected chi connectivity index (χ4v) is 2.11. The molecular weight excluding hydrogens is 212 g/mol. The highest BCUT2D eigenvalue weighted by Gasteiger charge is 2.05. The van der Waals surface area contributed by atoms with Gasteiger partial charge in [-0.3, -0.25) is 4.79 Å². The van der Waals surface area contributed by atoms with Crippen molar-refractivity contribution in [2.75, 3.05) is 6.54 Å². The molecule has 3 heteroatoms. The Labute approximate surface area is 101 Å². The van der Waals surface area contributed by atoms with Gasteiger partial charge in [-0.1, -0.05) is 13.0 Å². The minimum Gasteiger partial charge on any atom is -0.322 e. The number of aromatic amines is 1. The molecule has 0 saturated carbocycles. The average Bonchev–Trinajstić information content (AvgIpc) is 2.26. The van der Waals surface area contributed by atoms with Gasteiger partial charge in [-0.2, -0.15) is 0 Å². The predicted octanol–water partition coefficient (Wildman–Crippen LogP) is 2.25. The first-order valence-corrected chi connectivity index (χ1v) is 5.95. The van der Waals surface area contributed by atoms with Crippen LogP contribution >= 0.6 is 0 Å². The maximum absolute atomic E-state index is 11.9. The number of benzene rings is 1. The SMILES string of the molecule is CCNCc1cc2c(C)cc(C)cc2[nH]c1=O. The van der Waals surface area contributed by atoms with Crippen LogP contribution in [0.2, 0.25) is 0 Å². The van der Waals surface area contributed by atoms with Crippen LogP contribution in [0, 0.1) is 13.8 Å². The van der Waals surface area contributed by atoms with E-state index in [1.807, 2.05) is 26.0 Å². The molecule has 17 heavy (non-hydrogen) atoms. The van der Waals surface area contributed by atoms with E-state index in [1.165, 1.54) is 11.1 Å². The average molecular weight is 230 g/mol. The standard InChI is InChI=1S/C14H18N2O/c1-4-15-8-11-7-12-10(3)5-9(2)6-13(12)16-14(11)17/h5-7,15H,4,8H2,1-3H3,(H,16,17). The number of rotatable bonds is 3. The van der Waals surface area contributed by atoms with Gasteiger partial charge in [0.05, 0.1) is 0 Å². The van der Waals surface area contributed by atoms with Crippen LogP contribution in [-0.4, -0.2) is 11.5 Å². The smallest absolute Gasteiger partial charge is 0.252 e. The molecule has 1 aromatic heterocycles. The second-order valence-corrected chi connectivity index (χ2v) is 4.45. The first-order chi connectivity index (χ1) is 8.11. The van der Waals surface area contributed by atoms with Gasteiger partial charge < -0.3 is 10.3 Å². The maximum Gasteiger partial charge on any atom is 0.252 e. The molecule has 2 rings (SSSR count). The Bertz CT molecular complexity index is 599. The summed E-state index contributed by atoms with van der Waals surface area (Å²) in [7, 11) is 0. The second kappa shape index (κ2) is 4.72. The summed E-state index contributed by atoms with van der Waals surface area (Å²) in [4.78, 5) is 14.8. The molecule has 90 valence electrons. The van der Waals surface area contributed by atoms with Gasteiger partial charge in [0, 0.05) is 23.0 Å². The zero-order valence-corrected chi connectivity index (χ0v) is 10.6. The highest BCUT2D eigenvalue weighted by atomic mass is 16.1. The topological polar surface area (TPSA) is 44.9 Å².